The summed E-state index contributed by atoms with van der Waals surface area (Å²) >= 11 is 1.91. The van der Waals surface area contributed by atoms with Crippen LogP contribution in [0.15, 0.2) is 84.9 Å². The average molecular weight is 406 g/mol. The van der Waals surface area contributed by atoms with Gasteiger partial charge in [0, 0.05) is 36.6 Å². The highest BCUT2D eigenvalue weighted by molar-refractivity contribution is 7.26. The lowest BCUT2D eigenvalue weighted by atomic mass is 9.87. The van der Waals surface area contributed by atoms with E-state index in [0.29, 0.717) is 0 Å². The molecule has 2 heterocycles. The normalized spacial score (nSPS) is 12.5. The highest BCUT2D eigenvalue weighted by Gasteiger charge is 2.18. The Balaban J connectivity index is 1.73. The molecule has 6 rings (SSSR count). The van der Waals surface area contributed by atoms with Gasteiger partial charge in [-0.1, -0.05) is 75.4 Å². The highest BCUT2D eigenvalue weighted by Crippen LogP contribution is 2.43. The summed E-state index contributed by atoms with van der Waals surface area (Å²) in [7, 11) is 0. The number of rotatable bonds is 1. The third kappa shape index (κ3) is 2.47. The van der Waals surface area contributed by atoms with Crippen molar-refractivity contribution >= 4 is 53.3 Å². The van der Waals surface area contributed by atoms with E-state index in [2.05, 4.69) is 110 Å². The van der Waals surface area contributed by atoms with Crippen LogP contribution in [0.2, 0.25) is 0 Å². The van der Waals surface area contributed by atoms with Crippen molar-refractivity contribution in [3.63, 3.8) is 0 Å². The van der Waals surface area contributed by atoms with Crippen molar-refractivity contribution < 1.29 is 0 Å². The van der Waals surface area contributed by atoms with Gasteiger partial charge in [0.05, 0.1) is 11.0 Å². The lowest BCUT2D eigenvalue weighted by Crippen LogP contribution is -2.10. The summed E-state index contributed by atoms with van der Waals surface area (Å²) in [4.78, 5) is 0. The van der Waals surface area contributed by atoms with Gasteiger partial charge in [0.2, 0.25) is 0 Å². The standard InChI is InChI=1S/C28H23NS/c1-28(2,3)18-12-14-19(15-13-18)29-23-10-6-4-9-22(23)26-24(29)17-16-21-20-8-5-7-11-25(20)30-27(21)26/h4-17H,1-3H3. The van der Waals surface area contributed by atoms with Crippen molar-refractivity contribution in [2.75, 3.05) is 0 Å². The van der Waals surface area contributed by atoms with Gasteiger partial charge in [0.1, 0.15) is 0 Å². The molecule has 0 amide bonds. The maximum atomic E-state index is 2.42. The van der Waals surface area contributed by atoms with Crippen LogP contribution in [-0.4, -0.2) is 4.57 Å². The molecule has 4 aromatic carbocycles. The lowest BCUT2D eigenvalue weighted by molar-refractivity contribution is 0.590. The van der Waals surface area contributed by atoms with E-state index in [1.165, 1.54) is 53.2 Å². The summed E-state index contributed by atoms with van der Waals surface area (Å²) in [6, 6.07) is 31.2. The van der Waals surface area contributed by atoms with Crippen LogP contribution < -0.4 is 0 Å². The van der Waals surface area contributed by atoms with Gasteiger partial charge in [-0.2, -0.15) is 0 Å². The van der Waals surface area contributed by atoms with Crippen molar-refractivity contribution in [1.29, 1.82) is 0 Å². The third-order valence-electron chi connectivity index (χ3n) is 6.17. The van der Waals surface area contributed by atoms with Crippen molar-refractivity contribution in [2.45, 2.75) is 26.2 Å². The zero-order valence-corrected chi connectivity index (χ0v) is 18.3. The number of hydrogen-bond donors (Lipinski definition) is 0. The van der Waals surface area contributed by atoms with E-state index < -0.39 is 0 Å². The van der Waals surface area contributed by atoms with Crippen molar-refractivity contribution in [2.24, 2.45) is 0 Å². The number of hydrogen-bond acceptors (Lipinski definition) is 1. The zero-order valence-electron chi connectivity index (χ0n) is 17.4. The highest BCUT2D eigenvalue weighted by atomic mass is 32.1. The SMILES string of the molecule is CC(C)(C)c1ccc(-n2c3ccccc3c3c4sc5ccccc5c4ccc32)cc1. The van der Waals surface area contributed by atoms with E-state index in [-0.39, 0.29) is 5.41 Å². The van der Waals surface area contributed by atoms with Gasteiger partial charge in [-0.25, -0.2) is 0 Å². The molecule has 0 fully saturated rings. The summed E-state index contributed by atoms with van der Waals surface area (Å²) in [5, 5.41) is 5.40. The van der Waals surface area contributed by atoms with Crippen LogP contribution in [0.25, 0.3) is 47.7 Å². The first kappa shape index (κ1) is 17.7. The second-order valence-corrected chi connectivity index (χ2v) is 10.1. The van der Waals surface area contributed by atoms with Crippen molar-refractivity contribution in [3.05, 3.63) is 90.5 Å². The molecule has 0 saturated heterocycles. The molecule has 0 spiro atoms. The molecule has 6 aromatic rings. The fourth-order valence-corrected chi connectivity index (χ4v) is 5.88. The summed E-state index contributed by atoms with van der Waals surface area (Å²) < 4.78 is 5.15. The van der Waals surface area contributed by atoms with Crippen LogP contribution in [0.5, 0.6) is 0 Å². The molecule has 0 atom stereocenters. The smallest absolute Gasteiger partial charge is 0.0555 e. The van der Waals surface area contributed by atoms with Gasteiger partial charge >= 0.3 is 0 Å². The first-order chi connectivity index (χ1) is 14.5. The molecular formula is C28H23NS. The molecule has 146 valence electrons. The minimum Gasteiger partial charge on any atom is -0.309 e. The number of para-hydroxylation sites is 1. The molecule has 0 bridgehead atoms. The van der Waals surface area contributed by atoms with Gasteiger partial charge in [0.15, 0.2) is 0 Å². The van der Waals surface area contributed by atoms with Crippen LogP contribution >= 0.6 is 11.3 Å². The Bertz CT molecular complexity index is 1560. The summed E-state index contributed by atoms with van der Waals surface area (Å²) in [5.41, 5.74) is 5.27. The molecule has 30 heavy (non-hydrogen) atoms. The molecule has 0 aliphatic rings. The Hall–Kier alpha value is -3.10. The molecule has 0 aliphatic carbocycles. The largest absolute Gasteiger partial charge is 0.309 e. The van der Waals surface area contributed by atoms with Crippen molar-refractivity contribution in [3.8, 4) is 5.69 Å². The Morgan fingerprint density at radius 2 is 1.33 bits per heavy atom. The number of fused-ring (bicyclic) bond motifs is 7. The van der Waals surface area contributed by atoms with Gasteiger partial charge in [-0.3, -0.25) is 0 Å². The Kier molecular flexibility index (Phi) is 3.66. The van der Waals surface area contributed by atoms with E-state index in [1.807, 2.05) is 11.3 Å². The van der Waals surface area contributed by atoms with Gasteiger partial charge in [-0.05, 0) is 41.3 Å². The zero-order chi connectivity index (χ0) is 20.5. The van der Waals surface area contributed by atoms with E-state index in [4.69, 9.17) is 0 Å². The molecule has 0 radical (unpaired) electrons. The Morgan fingerprint density at radius 3 is 2.10 bits per heavy atom. The van der Waals surface area contributed by atoms with Gasteiger partial charge in [-0.15, -0.1) is 11.3 Å². The first-order valence-corrected chi connectivity index (χ1v) is 11.3. The van der Waals surface area contributed by atoms with Gasteiger partial charge < -0.3 is 4.57 Å². The molecular weight excluding hydrogens is 382 g/mol. The second kappa shape index (κ2) is 6.20. The van der Waals surface area contributed by atoms with Crippen LogP contribution in [0.4, 0.5) is 0 Å². The Morgan fingerprint density at radius 1 is 0.633 bits per heavy atom. The van der Waals surface area contributed by atoms with Crippen LogP contribution in [-0.2, 0) is 5.41 Å². The maximum Gasteiger partial charge on any atom is 0.0555 e. The van der Waals surface area contributed by atoms with Crippen molar-refractivity contribution in [1.82, 2.24) is 4.57 Å². The summed E-state index contributed by atoms with van der Waals surface area (Å²) in [5.74, 6) is 0. The molecule has 0 saturated carbocycles. The number of benzene rings is 4. The predicted octanol–water partition coefficient (Wildman–Crippen LogP) is 8.45. The van der Waals surface area contributed by atoms with Gasteiger partial charge in [0.25, 0.3) is 0 Å². The maximum absolute atomic E-state index is 2.42. The number of nitrogens with zero attached hydrogens (tertiary/aromatic N) is 1. The van der Waals surface area contributed by atoms with E-state index in [1.54, 1.807) is 0 Å². The topological polar surface area (TPSA) is 4.93 Å². The fourth-order valence-electron chi connectivity index (χ4n) is 4.62. The third-order valence-corrected chi connectivity index (χ3v) is 7.38. The predicted molar refractivity (Wildman–Crippen MR) is 132 cm³/mol. The Labute approximate surface area is 180 Å². The molecule has 2 heteroatoms. The monoisotopic (exact) mass is 405 g/mol. The first-order valence-electron chi connectivity index (χ1n) is 10.5. The molecule has 2 aromatic heterocycles. The minimum atomic E-state index is 0.155. The number of aromatic nitrogens is 1. The van der Waals surface area contributed by atoms with Crippen LogP contribution in [0, 0.1) is 0 Å². The molecule has 0 N–H and O–H groups in total. The van der Waals surface area contributed by atoms with Crippen LogP contribution in [0.3, 0.4) is 0 Å². The quantitative estimate of drug-likeness (QED) is 0.258. The van der Waals surface area contributed by atoms with E-state index >= 15 is 0 Å². The average Bonchev–Trinajstić information content (AvgIpc) is 3.29. The van der Waals surface area contributed by atoms with E-state index in [0.717, 1.165) is 0 Å². The molecule has 1 nitrogen and oxygen atoms in total. The number of thiophene rings is 1. The summed E-state index contributed by atoms with van der Waals surface area (Å²) in [6.45, 7) is 6.79. The summed E-state index contributed by atoms with van der Waals surface area (Å²) in [6.07, 6.45) is 0. The molecule has 0 aliphatic heterocycles. The second-order valence-electron chi connectivity index (χ2n) is 9.08. The van der Waals surface area contributed by atoms with Crippen LogP contribution in [0.1, 0.15) is 26.3 Å². The molecule has 0 unspecified atom stereocenters. The minimum absolute atomic E-state index is 0.155. The fraction of sp³-hybridized carbons (Fsp3) is 0.143. The lowest BCUT2D eigenvalue weighted by Gasteiger charge is -2.19. The van der Waals surface area contributed by atoms with E-state index in [9.17, 15) is 0 Å².